The minimum absolute atomic E-state index is 0.0959. The van der Waals surface area contributed by atoms with E-state index in [1.54, 1.807) is 29.7 Å². The summed E-state index contributed by atoms with van der Waals surface area (Å²) in [4.78, 5) is 12.4. The van der Waals surface area contributed by atoms with E-state index in [-0.39, 0.29) is 18.7 Å². The average Bonchev–Trinajstić information content (AvgIpc) is 2.56. The molecule has 0 unspecified atom stereocenters. The Balaban J connectivity index is 0.000000816. The summed E-state index contributed by atoms with van der Waals surface area (Å²) in [6, 6.07) is 9.16. The van der Waals surface area contributed by atoms with Crippen LogP contribution in [0.15, 0.2) is 29.1 Å². The highest BCUT2D eigenvalue weighted by atomic mass is 19.1. The van der Waals surface area contributed by atoms with Crippen molar-refractivity contribution in [2.24, 2.45) is 0 Å². The molecule has 2 aromatic rings. The number of aromatic nitrogens is 1. The van der Waals surface area contributed by atoms with Crippen molar-refractivity contribution in [1.82, 2.24) is 9.88 Å². The van der Waals surface area contributed by atoms with Crippen molar-refractivity contribution in [3.8, 4) is 6.07 Å². The average molecular weight is 319 g/mol. The van der Waals surface area contributed by atoms with Gasteiger partial charge in [0, 0.05) is 31.8 Å². The van der Waals surface area contributed by atoms with E-state index in [2.05, 4.69) is 11.4 Å². The lowest BCUT2D eigenvalue weighted by Gasteiger charge is -2.11. The number of halogens is 1. The summed E-state index contributed by atoms with van der Waals surface area (Å²) in [5.74, 6) is 0. The minimum Gasteiger partial charge on any atom is -0.397 e. The molecule has 0 aliphatic rings. The van der Waals surface area contributed by atoms with E-state index in [1.807, 2.05) is 13.0 Å². The number of aliphatic hydroxyl groups is 1. The van der Waals surface area contributed by atoms with Gasteiger partial charge in [-0.2, -0.15) is 5.26 Å². The smallest absolute Gasteiger partial charge is 0.255 e. The van der Waals surface area contributed by atoms with E-state index in [0.717, 1.165) is 10.9 Å². The molecule has 1 heterocycles. The lowest BCUT2D eigenvalue weighted by Crippen LogP contribution is -2.27. The Hall–Kier alpha value is -2.23. The maximum atomic E-state index is 12.4. The largest absolute Gasteiger partial charge is 0.397 e. The number of benzene rings is 1. The van der Waals surface area contributed by atoms with Gasteiger partial charge in [-0.25, -0.2) is 4.39 Å². The molecule has 0 amide bonds. The van der Waals surface area contributed by atoms with Crippen molar-refractivity contribution in [3.63, 3.8) is 0 Å². The zero-order valence-corrected chi connectivity index (χ0v) is 13.5. The molecule has 0 fully saturated rings. The van der Waals surface area contributed by atoms with Crippen molar-refractivity contribution in [2.75, 3.05) is 19.8 Å². The predicted octanol–water partition coefficient (Wildman–Crippen LogP) is 1.95. The van der Waals surface area contributed by atoms with Crippen molar-refractivity contribution in [3.05, 3.63) is 45.7 Å². The fourth-order valence-electron chi connectivity index (χ4n) is 2.23. The first-order valence-corrected chi connectivity index (χ1v) is 7.56. The zero-order valence-electron chi connectivity index (χ0n) is 13.5. The van der Waals surface area contributed by atoms with Gasteiger partial charge in [0.25, 0.3) is 5.56 Å². The fourth-order valence-corrected chi connectivity index (χ4v) is 2.23. The van der Waals surface area contributed by atoms with Crippen LogP contribution in [0.25, 0.3) is 10.9 Å². The van der Waals surface area contributed by atoms with Crippen LogP contribution in [0.4, 0.5) is 4.39 Å². The standard InChI is InChI=1S/C15H16FN3O.C2H6O/c1-2-19-14-7-11(9-17)3-4-12(14)8-13(15(19)20)10-18-6-5-16;1-2-3/h3-4,7-8,18H,2,5-6,10H2,1H3;3H,2H2,1H3. The van der Waals surface area contributed by atoms with Gasteiger partial charge in [-0.15, -0.1) is 0 Å². The number of aliphatic hydroxyl groups excluding tert-OH is 1. The van der Waals surface area contributed by atoms with Crippen LogP contribution in [-0.4, -0.2) is 29.5 Å². The van der Waals surface area contributed by atoms with Crippen molar-refractivity contribution < 1.29 is 9.50 Å². The molecule has 6 heteroatoms. The van der Waals surface area contributed by atoms with Crippen molar-refractivity contribution in [1.29, 1.82) is 5.26 Å². The zero-order chi connectivity index (χ0) is 17.2. The normalized spacial score (nSPS) is 10.0. The summed E-state index contributed by atoms with van der Waals surface area (Å²) in [5.41, 5.74) is 1.80. The summed E-state index contributed by atoms with van der Waals surface area (Å²) >= 11 is 0. The molecule has 23 heavy (non-hydrogen) atoms. The Bertz CT molecular complexity index is 735. The van der Waals surface area contributed by atoms with Gasteiger partial charge in [0.15, 0.2) is 0 Å². The molecular weight excluding hydrogens is 297 g/mol. The third-order valence-electron chi connectivity index (χ3n) is 3.20. The number of fused-ring (bicyclic) bond motifs is 1. The first-order chi connectivity index (χ1) is 11.1. The van der Waals surface area contributed by atoms with E-state index in [4.69, 9.17) is 10.4 Å². The van der Waals surface area contributed by atoms with Crippen LogP contribution in [0, 0.1) is 11.3 Å². The molecule has 0 saturated heterocycles. The topological polar surface area (TPSA) is 78.1 Å². The number of aryl methyl sites for hydroxylation is 1. The van der Waals surface area contributed by atoms with Crippen LogP contribution in [0.1, 0.15) is 25.0 Å². The van der Waals surface area contributed by atoms with Gasteiger partial charge in [-0.05, 0) is 37.4 Å². The number of pyridine rings is 1. The lowest BCUT2D eigenvalue weighted by molar-refractivity contribution is 0.318. The van der Waals surface area contributed by atoms with Crippen LogP contribution >= 0.6 is 0 Å². The third-order valence-corrected chi connectivity index (χ3v) is 3.20. The number of hydrogen-bond donors (Lipinski definition) is 2. The van der Waals surface area contributed by atoms with Gasteiger partial charge in [-0.3, -0.25) is 4.79 Å². The lowest BCUT2D eigenvalue weighted by atomic mass is 10.1. The number of nitrogens with zero attached hydrogens (tertiary/aromatic N) is 2. The molecule has 0 aliphatic heterocycles. The van der Waals surface area contributed by atoms with E-state index in [9.17, 15) is 9.18 Å². The van der Waals surface area contributed by atoms with Crippen LogP contribution in [0.2, 0.25) is 0 Å². The number of nitrogens with one attached hydrogen (secondary N) is 1. The molecule has 5 nitrogen and oxygen atoms in total. The summed E-state index contributed by atoms with van der Waals surface area (Å²) in [7, 11) is 0. The number of nitriles is 1. The van der Waals surface area contributed by atoms with Gasteiger partial charge in [0.05, 0.1) is 17.1 Å². The van der Waals surface area contributed by atoms with Gasteiger partial charge < -0.3 is 15.0 Å². The van der Waals surface area contributed by atoms with E-state index in [1.165, 1.54) is 0 Å². The SMILES string of the molecule is CCO.CCn1c(=O)c(CNCCF)cc2ccc(C#N)cc21. The second kappa shape index (κ2) is 9.72. The number of hydrogen-bond acceptors (Lipinski definition) is 4. The molecule has 124 valence electrons. The maximum absolute atomic E-state index is 12.4. The fraction of sp³-hybridized carbons (Fsp3) is 0.412. The van der Waals surface area contributed by atoms with Crippen LogP contribution in [0.3, 0.4) is 0 Å². The van der Waals surface area contributed by atoms with Crippen molar-refractivity contribution in [2.45, 2.75) is 26.9 Å². The predicted molar refractivity (Wildman–Crippen MR) is 89.0 cm³/mol. The van der Waals surface area contributed by atoms with Gasteiger partial charge >= 0.3 is 0 Å². The number of alkyl halides is 1. The molecule has 0 atom stereocenters. The Morgan fingerprint density at radius 1 is 1.35 bits per heavy atom. The van der Waals surface area contributed by atoms with Crippen molar-refractivity contribution >= 4 is 10.9 Å². The third kappa shape index (κ3) is 4.88. The molecule has 0 radical (unpaired) electrons. The quantitative estimate of drug-likeness (QED) is 0.826. The van der Waals surface area contributed by atoms with Crippen LogP contribution in [-0.2, 0) is 13.1 Å². The van der Waals surface area contributed by atoms with Gasteiger partial charge in [0.2, 0.25) is 0 Å². The first-order valence-electron chi connectivity index (χ1n) is 7.56. The minimum atomic E-state index is -0.457. The van der Waals surface area contributed by atoms with E-state index < -0.39 is 6.67 Å². The van der Waals surface area contributed by atoms with E-state index >= 15 is 0 Å². The summed E-state index contributed by atoms with van der Waals surface area (Å²) in [6.45, 7) is 4.47. The monoisotopic (exact) mass is 319 g/mol. The Kier molecular flexibility index (Phi) is 7.95. The van der Waals surface area contributed by atoms with E-state index in [0.29, 0.717) is 24.2 Å². The molecule has 0 bridgehead atoms. The Morgan fingerprint density at radius 2 is 2.04 bits per heavy atom. The Morgan fingerprint density at radius 3 is 2.61 bits per heavy atom. The summed E-state index contributed by atoms with van der Waals surface area (Å²) in [6.07, 6.45) is 0. The highest BCUT2D eigenvalue weighted by molar-refractivity contribution is 5.81. The van der Waals surface area contributed by atoms with Gasteiger partial charge in [0.1, 0.15) is 6.67 Å². The molecular formula is C17H22FN3O2. The molecule has 1 aromatic carbocycles. The number of rotatable bonds is 5. The first kappa shape index (κ1) is 18.8. The Labute approximate surface area is 135 Å². The highest BCUT2D eigenvalue weighted by Gasteiger charge is 2.08. The summed E-state index contributed by atoms with van der Waals surface area (Å²) in [5, 5.41) is 20.3. The van der Waals surface area contributed by atoms with Crippen LogP contribution in [0.5, 0.6) is 0 Å². The molecule has 2 rings (SSSR count). The molecule has 0 spiro atoms. The van der Waals surface area contributed by atoms with Crippen LogP contribution < -0.4 is 10.9 Å². The highest BCUT2D eigenvalue weighted by Crippen LogP contribution is 2.16. The molecule has 0 aliphatic carbocycles. The second-order valence-corrected chi connectivity index (χ2v) is 4.79. The second-order valence-electron chi connectivity index (χ2n) is 4.79. The molecule has 2 N–H and O–H groups in total. The molecule has 1 aromatic heterocycles. The molecule has 0 saturated carbocycles. The van der Waals surface area contributed by atoms with Gasteiger partial charge in [-0.1, -0.05) is 6.07 Å². The maximum Gasteiger partial charge on any atom is 0.255 e. The summed E-state index contributed by atoms with van der Waals surface area (Å²) < 4.78 is 13.7.